The van der Waals surface area contributed by atoms with Crippen LogP contribution in [0.2, 0.25) is 0 Å². The largest absolute Gasteiger partial charge is 0.495 e. The Morgan fingerprint density at radius 2 is 2.00 bits per heavy atom. The van der Waals surface area contributed by atoms with Crippen molar-refractivity contribution in [2.75, 3.05) is 12.8 Å². The number of ether oxygens (including phenoxy) is 1. The number of methoxy groups -OCH3 is 1. The van der Waals surface area contributed by atoms with Crippen LogP contribution in [0.4, 0.5) is 5.69 Å². The van der Waals surface area contributed by atoms with E-state index in [4.69, 9.17) is 10.5 Å². The van der Waals surface area contributed by atoms with E-state index >= 15 is 0 Å². The zero-order chi connectivity index (χ0) is 15.9. The van der Waals surface area contributed by atoms with E-state index in [1.165, 1.54) is 32.1 Å². The van der Waals surface area contributed by atoms with Gasteiger partial charge in [0.05, 0.1) is 17.7 Å². The fourth-order valence-electron chi connectivity index (χ4n) is 2.15. The zero-order valence-corrected chi connectivity index (χ0v) is 13.9. The molecule has 0 radical (unpaired) electrons. The van der Waals surface area contributed by atoms with Crippen molar-refractivity contribution in [2.24, 2.45) is 0 Å². The maximum atomic E-state index is 12.3. The van der Waals surface area contributed by atoms with Gasteiger partial charge in [-0.2, -0.15) is 0 Å². The van der Waals surface area contributed by atoms with Gasteiger partial charge in [0.2, 0.25) is 10.0 Å². The molecule has 0 aromatic heterocycles. The molecule has 1 aromatic carbocycles. The summed E-state index contributed by atoms with van der Waals surface area (Å²) < 4.78 is 32.3. The molecule has 0 bridgehead atoms. The first-order valence-electron chi connectivity index (χ1n) is 7.36. The van der Waals surface area contributed by atoms with Crippen molar-refractivity contribution in [3.8, 4) is 5.75 Å². The molecule has 1 atom stereocenters. The number of anilines is 1. The summed E-state index contributed by atoms with van der Waals surface area (Å²) in [7, 11) is -2.04. The smallest absolute Gasteiger partial charge is 0.240 e. The van der Waals surface area contributed by atoms with E-state index in [2.05, 4.69) is 11.6 Å². The predicted octanol–water partition coefficient (Wildman–Crippen LogP) is 2.91. The van der Waals surface area contributed by atoms with Crippen LogP contribution < -0.4 is 15.2 Å². The molecular formula is C15H26N2O3S. The summed E-state index contributed by atoms with van der Waals surface area (Å²) in [4.78, 5) is 0.168. The maximum Gasteiger partial charge on any atom is 0.240 e. The van der Waals surface area contributed by atoms with Gasteiger partial charge in [0.25, 0.3) is 0 Å². The molecule has 3 N–H and O–H groups in total. The molecular weight excluding hydrogens is 288 g/mol. The SMILES string of the molecule is CCCCCCC(C)NS(=O)(=O)c1ccc(OC)c(N)c1. The molecule has 0 aliphatic heterocycles. The number of rotatable bonds is 9. The number of hydrogen-bond donors (Lipinski definition) is 2. The minimum Gasteiger partial charge on any atom is -0.495 e. The fraction of sp³-hybridized carbons (Fsp3) is 0.600. The number of hydrogen-bond acceptors (Lipinski definition) is 4. The van der Waals surface area contributed by atoms with Gasteiger partial charge in [0.1, 0.15) is 5.75 Å². The summed E-state index contributed by atoms with van der Waals surface area (Å²) >= 11 is 0. The van der Waals surface area contributed by atoms with Gasteiger partial charge < -0.3 is 10.5 Å². The molecule has 0 spiro atoms. The maximum absolute atomic E-state index is 12.3. The summed E-state index contributed by atoms with van der Waals surface area (Å²) in [5, 5.41) is 0. The summed E-state index contributed by atoms with van der Waals surface area (Å²) in [5.41, 5.74) is 6.07. The van der Waals surface area contributed by atoms with Crippen molar-refractivity contribution in [2.45, 2.75) is 56.9 Å². The molecule has 120 valence electrons. The lowest BCUT2D eigenvalue weighted by molar-refractivity contribution is 0.416. The Morgan fingerprint density at radius 1 is 1.29 bits per heavy atom. The first-order valence-corrected chi connectivity index (χ1v) is 8.85. The number of benzene rings is 1. The molecule has 1 rings (SSSR count). The predicted molar refractivity (Wildman–Crippen MR) is 85.9 cm³/mol. The third kappa shape index (κ3) is 5.55. The fourth-order valence-corrected chi connectivity index (χ4v) is 3.46. The lowest BCUT2D eigenvalue weighted by Crippen LogP contribution is -2.32. The van der Waals surface area contributed by atoms with Gasteiger partial charge in [-0.3, -0.25) is 0 Å². The van der Waals surface area contributed by atoms with Gasteiger partial charge in [-0.1, -0.05) is 32.6 Å². The molecule has 6 heteroatoms. The lowest BCUT2D eigenvalue weighted by atomic mass is 10.1. The average Bonchev–Trinajstić information content (AvgIpc) is 2.43. The first-order chi connectivity index (χ1) is 9.90. The van der Waals surface area contributed by atoms with E-state index in [0.717, 1.165) is 19.3 Å². The van der Waals surface area contributed by atoms with Gasteiger partial charge in [0, 0.05) is 6.04 Å². The van der Waals surface area contributed by atoms with Crippen molar-refractivity contribution in [3.63, 3.8) is 0 Å². The number of nitrogens with two attached hydrogens (primary N) is 1. The summed E-state index contributed by atoms with van der Waals surface area (Å²) in [6, 6.07) is 4.40. The Labute approximate surface area is 127 Å². The molecule has 1 unspecified atom stereocenters. The Hall–Kier alpha value is -1.27. The van der Waals surface area contributed by atoms with Gasteiger partial charge in [0.15, 0.2) is 0 Å². The van der Waals surface area contributed by atoms with Gasteiger partial charge in [-0.25, -0.2) is 13.1 Å². The van der Waals surface area contributed by atoms with E-state index in [9.17, 15) is 8.42 Å². The van der Waals surface area contributed by atoms with Crippen LogP contribution in [0.25, 0.3) is 0 Å². The van der Waals surface area contributed by atoms with Gasteiger partial charge >= 0.3 is 0 Å². The Kier molecular flexibility index (Phi) is 6.98. The molecule has 0 aliphatic carbocycles. The first kappa shape index (κ1) is 17.8. The van der Waals surface area contributed by atoms with Crippen LogP contribution in [0.1, 0.15) is 46.0 Å². The Morgan fingerprint density at radius 3 is 2.57 bits per heavy atom. The second kappa shape index (κ2) is 8.24. The van der Waals surface area contributed by atoms with Crippen molar-refractivity contribution < 1.29 is 13.2 Å². The van der Waals surface area contributed by atoms with Crippen LogP contribution in [0.15, 0.2) is 23.1 Å². The van der Waals surface area contributed by atoms with Crippen molar-refractivity contribution in [3.05, 3.63) is 18.2 Å². The van der Waals surface area contributed by atoms with E-state index in [-0.39, 0.29) is 10.9 Å². The van der Waals surface area contributed by atoms with E-state index < -0.39 is 10.0 Å². The van der Waals surface area contributed by atoms with Crippen molar-refractivity contribution in [1.29, 1.82) is 0 Å². The molecule has 0 saturated heterocycles. The number of sulfonamides is 1. The van der Waals surface area contributed by atoms with Crippen LogP contribution in [0, 0.1) is 0 Å². The minimum absolute atomic E-state index is 0.0878. The number of unbranched alkanes of at least 4 members (excludes halogenated alkanes) is 3. The van der Waals surface area contributed by atoms with Gasteiger partial charge in [-0.05, 0) is 31.5 Å². The number of nitrogen functional groups attached to an aromatic ring is 1. The molecule has 21 heavy (non-hydrogen) atoms. The van der Waals surface area contributed by atoms with Crippen LogP contribution in [-0.4, -0.2) is 21.6 Å². The average molecular weight is 314 g/mol. The molecule has 0 saturated carbocycles. The second-order valence-electron chi connectivity index (χ2n) is 5.28. The monoisotopic (exact) mass is 314 g/mol. The van der Waals surface area contributed by atoms with Crippen molar-refractivity contribution >= 4 is 15.7 Å². The third-order valence-electron chi connectivity index (χ3n) is 3.36. The van der Waals surface area contributed by atoms with E-state index in [1.54, 1.807) is 6.07 Å². The van der Waals surface area contributed by atoms with Crippen LogP contribution in [0.3, 0.4) is 0 Å². The van der Waals surface area contributed by atoms with E-state index in [0.29, 0.717) is 11.4 Å². The number of nitrogens with one attached hydrogen (secondary N) is 1. The minimum atomic E-state index is -3.54. The standard InChI is InChI=1S/C15H26N2O3S/c1-4-5-6-7-8-12(2)17-21(18,19)13-9-10-15(20-3)14(16)11-13/h9-12,17H,4-8,16H2,1-3H3. The topological polar surface area (TPSA) is 81.4 Å². The van der Waals surface area contributed by atoms with Crippen LogP contribution in [-0.2, 0) is 10.0 Å². The zero-order valence-electron chi connectivity index (χ0n) is 13.1. The highest BCUT2D eigenvalue weighted by Crippen LogP contribution is 2.24. The van der Waals surface area contributed by atoms with E-state index in [1.807, 2.05) is 6.92 Å². The summed E-state index contributed by atoms with van der Waals surface area (Å²) in [6.07, 6.45) is 5.37. The van der Waals surface area contributed by atoms with Crippen LogP contribution >= 0.6 is 0 Å². The molecule has 5 nitrogen and oxygen atoms in total. The highest BCUT2D eigenvalue weighted by atomic mass is 32.2. The lowest BCUT2D eigenvalue weighted by Gasteiger charge is -2.15. The normalized spacial score (nSPS) is 13.1. The third-order valence-corrected chi connectivity index (χ3v) is 4.95. The summed E-state index contributed by atoms with van der Waals surface area (Å²) in [5.74, 6) is 0.474. The molecule has 0 aliphatic rings. The summed E-state index contributed by atoms with van der Waals surface area (Å²) in [6.45, 7) is 4.04. The molecule has 1 aromatic rings. The van der Waals surface area contributed by atoms with Crippen molar-refractivity contribution in [1.82, 2.24) is 4.72 Å². The van der Waals surface area contributed by atoms with Crippen LogP contribution in [0.5, 0.6) is 5.75 Å². The molecule has 0 amide bonds. The second-order valence-corrected chi connectivity index (χ2v) is 6.99. The Balaban J connectivity index is 2.66. The highest BCUT2D eigenvalue weighted by molar-refractivity contribution is 7.89. The Bertz CT molecular complexity index is 544. The molecule has 0 fully saturated rings. The molecule has 0 heterocycles. The highest BCUT2D eigenvalue weighted by Gasteiger charge is 2.18. The van der Waals surface area contributed by atoms with Gasteiger partial charge in [-0.15, -0.1) is 0 Å². The quantitative estimate of drug-likeness (QED) is 0.542.